The van der Waals surface area contributed by atoms with Gasteiger partial charge in [-0.1, -0.05) is 5.16 Å². The molecule has 1 aromatic heterocycles. The molecule has 2 rings (SSSR count). The van der Waals surface area contributed by atoms with E-state index in [2.05, 4.69) is 20.3 Å². The van der Waals surface area contributed by atoms with E-state index in [-0.39, 0.29) is 17.5 Å². The zero-order valence-electron chi connectivity index (χ0n) is 9.10. The van der Waals surface area contributed by atoms with Gasteiger partial charge in [-0.05, 0) is 25.9 Å². The fourth-order valence-corrected chi connectivity index (χ4v) is 1.71. The second kappa shape index (κ2) is 4.96. The van der Waals surface area contributed by atoms with Crippen molar-refractivity contribution in [2.45, 2.75) is 18.9 Å². The van der Waals surface area contributed by atoms with E-state index in [1.165, 1.54) is 0 Å². The normalized spacial score (nSPS) is 16.7. The molecule has 0 spiro atoms. The fraction of sp³-hybridized carbons (Fsp3) is 0.500. The SMILES string of the molecule is O=C(NC1CCNCC1)c1cc(C(=O)O)on1. The van der Waals surface area contributed by atoms with Gasteiger partial charge in [-0.3, -0.25) is 4.79 Å². The molecule has 0 saturated carbocycles. The van der Waals surface area contributed by atoms with Crippen molar-refractivity contribution < 1.29 is 19.2 Å². The average Bonchev–Trinajstić information content (AvgIpc) is 2.79. The number of carboxylic acids is 1. The van der Waals surface area contributed by atoms with Crippen LogP contribution in [-0.2, 0) is 0 Å². The molecule has 0 radical (unpaired) electrons. The molecule has 1 aromatic rings. The Morgan fingerprint density at radius 1 is 1.47 bits per heavy atom. The average molecular weight is 239 g/mol. The van der Waals surface area contributed by atoms with Crippen molar-refractivity contribution in [3.8, 4) is 0 Å². The highest BCUT2D eigenvalue weighted by Crippen LogP contribution is 2.06. The van der Waals surface area contributed by atoms with Gasteiger partial charge in [0.25, 0.3) is 5.91 Å². The van der Waals surface area contributed by atoms with Crippen LogP contribution in [0.1, 0.15) is 33.9 Å². The number of amides is 1. The van der Waals surface area contributed by atoms with Gasteiger partial charge in [-0.2, -0.15) is 0 Å². The van der Waals surface area contributed by atoms with E-state index in [0.29, 0.717) is 0 Å². The van der Waals surface area contributed by atoms with Gasteiger partial charge < -0.3 is 20.3 Å². The number of carbonyl (C=O) groups excluding carboxylic acids is 1. The molecular formula is C10H13N3O4. The van der Waals surface area contributed by atoms with Gasteiger partial charge >= 0.3 is 5.97 Å². The molecule has 0 aromatic carbocycles. The van der Waals surface area contributed by atoms with Crippen molar-refractivity contribution in [1.29, 1.82) is 0 Å². The predicted octanol–water partition coefficient (Wildman–Crippen LogP) is -0.145. The Hall–Kier alpha value is -1.89. The molecule has 0 atom stereocenters. The number of carbonyl (C=O) groups is 2. The lowest BCUT2D eigenvalue weighted by atomic mass is 10.1. The molecule has 1 aliphatic rings. The number of aromatic nitrogens is 1. The van der Waals surface area contributed by atoms with E-state index >= 15 is 0 Å². The van der Waals surface area contributed by atoms with Crippen molar-refractivity contribution in [3.05, 3.63) is 17.5 Å². The molecule has 7 nitrogen and oxygen atoms in total. The van der Waals surface area contributed by atoms with Crippen LogP contribution >= 0.6 is 0 Å². The molecule has 1 amide bonds. The van der Waals surface area contributed by atoms with Crippen molar-refractivity contribution in [1.82, 2.24) is 15.8 Å². The van der Waals surface area contributed by atoms with E-state index in [9.17, 15) is 9.59 Å². The number of hydrogen-bond donors (Lipinski definition) is 3. The molecule has 0 bridgehead atoms. The third-order valence-corrected chi connectivity index (χ3v) is 2.63. The second-order valence-corrected chi connectivity index (χ2v) is 3.88. The Morgan fingerprint density at radius 3 is 2.76 bits per heavy atom. The quantitative estimate of drug-likeness (QED) is 0.677. The van der Waals surface area contributed by atoms with Gasteiger partial charge in [0.05, 0.1) is 0 Å². The van der Waals surface area contributed by atoms with Gasteiger partial charge in [0.1, 0.15) is 0 Å². The van der Waals surface area contributed by atoms with E-state index in [1.54, 1.807) is 0 Å². The summed E-state index contributed by atoms with van der Waals surface area (Å²) in [6.07, 6.45) is 1.71. The molecule has 7 heteroatoms. The van der Waals surface area contributed by atoms with E-state index < -0.39 is 11.9 Å². The lowest BCUT2D eigenvalue weighted by Gasteiger charge is -2.23. The van der Waals surface area contributed by atoms with Crippen molar-refractivity contribution in [2.75, 3.05) is 13.1 Å². The van der Waals surface area contributed by atoms with Crippen LogP contribution in [-0.4, -0.2) is 41.3 Å². The van der Waals surface area contributed by atoms with Crippen molar-refractivity contribution in [2.24, 2.45) is 0 Å². The molecule has 0 unspecified atom stereocenters. The number of aromatic carboxylic acids is 1. The van der Waals surface area contributed by atoms with Crippen molar-refractivity contribution in [3.63, 3.8) is 0 Å². The maximum absolute atomic E-state index is 11.7. The highest BCUT2D eigenvalue weighted by molar-refractivity contribution is 5.94. The molecule has 1 aliphatic heterocycles. The first kappa shape index (κ1) is 11.6. The van der Waals surface area contributed by atoms with Crippen LogP contribution in [0.15, 0.2) is 10.6 Å². The Bertz CT molecular complexity index is 423. The zero-order chi connectivity index (χ0) is 12.3. The van der Waals surface area contributed by atoms with Crippen LogP contribution in [0.2, 0.25) is 0 Å². The number of piperidine rings is 1. The van der Waals surface area contributed by atoms with E-state index in [1.807, 2.05) is 0 Å². The summed E-state index contributed by atoms with van der Waals surface area (Å²) >= 11 is 0. The number of carboxylic acid groups (broad SMARTS) is 1. The number of nitrogens with zero attached hydrogens (tertiary/aromatic N) is 1. The van der Waals surface area contributed by atoms with Crippen LogP contribution in [0.4, 0.5) is 0 Å². The van der Waals surface area contributed by atoms with Gasteiger partial charge in [0, 0.05) is 12.1 Å². The monoisotopic (exact) mass is 239 g/mol. The summed E-state index contributed by atoms with van der Waals surface area (Å²) in [7, 11) is 0. The van der Waals surface area contributed by atoms with Crippen LogP contribution < -0.4 is 10.6 Å². The number of hydrogen-bond acceptors (Lipinski definition) is 5. The summed E-state index contributed by atoms with van der Waals surface area (Å²) in [6, 6.07) is 1.23. The first-order chi connectivity index (χ1) is 8.16. The Balaban J connectivity index is 1.96. The lowest BCUT2D eigenvalue weighted by Crippen LogP contribution is -2.42. The standard InChI is InChI=1S/C10H13N3O4/c14-9(12-6-1-3-11-4-2-6)7-5-8(10(15)16)17-13-7/h5-6,11H,1-4H2,(H,12,14)(H,15,16). The maximum Gasteiger partial charge on any atom is 0.374 e. The van der Waals surface area contributed by atoms with Gasteiger partial charge in [0.2, 0.25) is 5.76 Å². The van der Waals surface area contributed by atoms with Gasteiger partial charge in [0.15, 0.2) is 5.69 Å². The second-order valence-electron chi connectivity index (χ2n) is 3.88. The highest BCUT2D eigenvalue weighted by atomic mass is 16.5. The summed E-state index contributed by atoms with van der Waals surface area (Å²) in [6.45, 7) is 1.73. The summed E-state index contributed by atoms with van der Waals surface area (Å²) in [5, 5.41) is 18.0. The Kier molecular flexibility index (Phi) is 3.38. The van der Waals surface area contributed by atoms with Crippen LogP contribution in [0.25, 0.3) is 0 Å². The molecule has 1 fully saturated rings. The van der Waals surface area contributed by atoms with Gasteiger partial charge in [-0.15, -0.1) is 0 Å². The smallest absolute Gasteiger partial charge is 0.374 e. The third kappa shape index (κ3) is 2.82. The highest BCUT2D eigenvalue weighted by Gasteiger charge is 2.20. The third-order valence-electron chi connectivity index (χ3n) is 2.63. The lowest BCUT2D eigenvalue weighted by molar-refractivity contribution is 0.0651. The zero-order valence-corrected chi connectivity index (χ0v) is 9.10. The molecule has 3 N–H and O–H groups in total. The first-order valence-corrected chi connectivity index (χ1v) is 5.38. The summed E-state index contributed by atoms with van der Waals surface area (Å²) in [4.78, 5) is 22.3. The molecular weight excluding hydrogens is 226 g/mol. The number of rotatable bonds is 3. The minimum absolute atomic E-state index is 0.000864. The fourth-order valence-electron chi connectivity index (χ4n) is 1.71. The van der Waals surface area contributed by atoms with E-state index in [4.69, 9.17) is 5.11 Å². The Morgan fingerprint density at radius 2 is 2.18 bits per heavy atom. The van der Waals surface area contributed by atoms with E-state index in [0.717, 1.165) is 32.0 Å². The minimum Gasteiger partial charge on any atom is -0.475 e. The number of nitrogens with one attached hydrogen (secondary N) is 2. The topological polar surface area (TPSA) is 104 Å². The molecule has 92 valence electrons. The maximum atomic E-state index is 11.7. The summed E-state index contributed by atoms with van der Waals surface area (Å²) in [5.74, 6) is -1.97. The minimum atomic E-state index is -1.24. The summed E-state index contributed by atoms with van der Waals surface area (Å²) < 4.78 is 4.51. The van der Waals surface area contributed by atoms with Gasteiger partial charge in [-0.25, -0.2) is 4.79 Å². The largest absolute Gasteiger partial charge is 0.475 e. The molecule has 2 heterocycles. The first-order valence-electron chi connectivity index (χ1n) is 5.38. The summed E-state index contributed by atoms with van der Waals surface area (Å²) in [5.41, 5.74) is 0.000864. The molecule has 0 aliphatic carbocycles. The molecule has 17 heavy (non-hydrogen) atoms. The molecule has 1 saturated heterocycles. The predicted molar refractivity (Wildman–Crippen MR) is 56.8 cm³/mol. The van der Waals surface area contributed by atoms with Crippen LogP contribution in [0.5, 0.6) is 0 Å². The Labute approximate surface area is 97.2 Å². The van der Waals surface area contributed by atoms with Crippen LogP contribution in [0.3, 0.4) is 0 Å². The van der Waals surface area contributed by atoms with Crippen molar-refractivity contribution >= 4 is 11.9 Å². The van der Waals surface area contributed by atoms with Crippen LogP contribution in [0, 0.1) is 0 Å².